The maximum absolute atomic E-state index is 12.7. The van der Waals surface area contributed by atoms with Gasteiger partial charge in [0, 0.05) is 49.9 Å². The van der Waals surface area contributed by atoms with E-state index in [2.05, 4.69) is 15.3 Å². The highest BCUT2D eigenvalue weighted by Crippen LogP contribution is 2.13. The van der Waals surface area contributed by atoms with Gasteiger partial charge in [-0.25, -0.2) is 0 Å². The van der Waals surface area contributed by atoms with Gasteiger partial charge in [0.1, 0.15) is 0 Å². The van der Waals surface area contributed by atoms with Gasteiger partial charge < -0.3 is 10.2 Å². The van der Waals surface area contributed by atoms with Crippen molar-refractivity contribution in [3.8, 4) is 0 Å². The first-order chi connectivity index (χ1) is 13.6. The van der Waals surface area contributed by atoms with E-state index in [1.807, 2.05) is 49.5 Å². The molecule has 3 aromatic rings. The predicted octanol–water partition coefficient (Wildman–Crippen LogP) is 4.10. The van der Waals surface area contributed by atoms with Crippen LogP contribution >= 0.6 is 11.6 Å². The largest absolute Gasteiger partial charge is 0.383 e. The summed E-state index contributed by atoms with van der Waals surface area (Å²) >= 11 is 6.02. The zero-order valence-electron chi connectivity index (χ0n) is 15.8. The molecule has 0 spiro atoms. The fourth-order valence-corrected chi connectivity index (χ4v) is 3.08. The highest BCUT2D eigenvalue weighted by Gasteiger charge is 2.12. The second-order valence-corrected chi connectivity index (χ2v) is 7.04. The normalized spacial score (nSPS) is 10.5. The van der Waals surface area contributed by atoms with Crippen molar-refractivity contribution in [1.29, 1.82) is 0 Å². The van der Waals surface area contributed by atoms with Gasteiger partial charge in [-0.05, 0) is 54.3 Å². The number of benzene rings is 1. The van der Waals surface area contributed by atoms with Gasteiger partial charge in [0.25, 0.3) is 5.91 Å². The Morgan fingerprint density at radius 1 is 1.04 bits per heavy atom. The van der Waals surface area contributed by atoms with Gasteiger partial charge in [-0.1, -0.05) is 23.7 Å². The molecule has 2 aromatic heterocycles. The van der Waals surface area contributed by atoms with Gasteiger partial charge in [-0.3, -0.25) is 14.8 Å². The third-order valence-electron chi connectivity index (χ3n) is 4.45. The lowest BCUT2D eigenvalue weighted by Crippen LogP contribution is -2.29. The Bertz CT molecular complexity index is 917. The molecule has 0 aliphatic heterocycles. The molecule has 0 aliphatic rings. The van der Waals surface area contributed by atoms with E-state index in [4.69, 9.17) is 11.6 Å². The molecule has 0 atom stereocenters. The molecule has 1 aromatic carbocycles. The van der Waals surface area contributed by atoms with Crippen LogP contribution in [0.25, 0.3) is 0 Å². The molecule has 0 saturated heterocycles. The van der Waals surface area contributed by atoms with Crippen LogP contribution in [-0.4, -0.2) is 40.9 Å². The molecule has 0 bridgehead atoms. The standard InChI is InChI=1S/C22H23ClN4O/c1-27(12-8-17-5-9-24-10-6-17)22(28)19-14-21(16-25-15-19)26-11-7-18-3-2-4-20(23)13-18/h2-6,9-10,13-16,26H,7-8,11-12H2,1H3. The molecule has 1 N–H and O–H groups in total. The molecule has 3 rings (SSSR count). The van der Waals surface area contributed by atoms with Crippen LogP contribution in [0.3, 0.4) is 0 Å². The van der Waals surface area contributed by atoms with Crippen LogP contribution in [0.2, 0.25) is 5.02 Å². The molecular weight excluding hydrogens is 372 g/mol. The highest BCUT2D eigenvalue weighted by atomic mass is 35.5. The Kier molecular flexibility index (Phi) is 6.98. The fourth-order valence-electron chi connectivity index (χ4n) is 2.87. The van der Waals surface area contributed by atoms with Crippen molar-refractivity contribution in [2.75, 3.05) is 25.5 Å². The number of halogens is 1. The van der Waals surface area contributed by atoms with Crippen molar-refractivity contribution in [3.63, 3.8) is 0 Å². The number of likely N-dealkylation sites (N-methyl/N-ethyl adjacent to an activating group) is 1. The Hall–Kier alpha value is -2.92. The molecule has 0 radical (unpaired) electrons. The second kappa shape index (κ2) is 9.85. The zero-order valence-corrected chi connectivity index (χ0v) is 16.6. The molecule has 144 valence electrons. The first kappa shape index (κ1) is 19.8. The molecule has 1 amide bonds. The highest BCUT2D eigenvalue weighted by molar-refractivity contribution is 6.30. The van der Waals surface area contributed by atoms with E-state index in [-0.39, 0.29) is 5.91 Å². The smallest absolute Gasteiger partial charge is 0.255 e. The summed E-state index contributed by atoms with van der Waals surface area (Å²) in [5.41, 5.74) is 3.72. The third-order valence-corrected chi connectivity index (χ3v) is 4.68. The van der Waals surface area contributed by atoms with Crippen LogP contribution < -0.4 is 5.32 Å². The van der Waals surface area contributed by atoms with E-state index in [0.717, 1.165) is 41.2 Å². The van der Waals surface area contributed by atoms with E-state index in [1.165, 1.54) is 0 Å². The number of hydrogen-bond acceptors (Lipinski definition) is 4. The number of carbonyl (C=O) groups is 1. The molecule has 0 fully saturated rings. The minimum atomic E-state index is -0.0416. The summed E-state index contributed by atoms with van der Waals surface area (Å²) in [6.45, 7) is 1.37. The van der Waals surface area contributed by atoms with E-state index in [1.54, 1.807) is 29.7 Å². The van der Waals surface area contributed by atoms with Gasteiger partial charge in [-0.2, -0.15) is 0 Å². The average molecular weight is 395 g/mol. The van der Waals surface area contributed by atoms with Gasteiger partial charge >= 0.3 is 0 Å². The lowest BCUT2D eigenvalue weighted by Gasteiger charge is -2.17. The van der Waals surface area contributed by atoms with Crippen LogP contribution in [0.1, 0.15) is 21.5 Å². The number of rotatable bonds is 8. The molecule has 0 unspecified atom stereocenters. The maximum atomic E-state index is 12.7. The van der Waals surface area contributed by atoms with Crippen molar-refractivity contribution >= 4 is 23.2 Å². The van der Waals surface area contributed by atoms with E-state index in [0.29, 0.717) is 12.1 Å². The lowest BCUT2D eigenvalue weighted by molar-refractivity contribution is 0.0796. The van der Waals surface area contributed by atoms with Gasteiger partial charge in [0.05, 0.1) is 11.3 Å². The Morgan fingerprint density at radius 3 is 2.64 bits per heavy atom. The maximum Gasteiger partial charge on any atom is 0.255 e. The Labute approximate surface area is 170 Å². The van der Waals surface area contributed by atoms with Crippen LogP contribution in [0.5, 0.6) is 0 Å². The number of nitrogens with one attached hydrogen (secondary N) is 1. The lowest BCUT2D eigenvalue weighted by atomic mass is 10.1. The zero-order chi connectivity index (χ0) is 19.8. The summed E-state index contributed by atoms with van der Waals surface area (Å²) in [4.78, 5) is 22.6. The van der Waals surface area contributed by atoms with E-state index < -0.39 is 0 Å². The van der Waals surface area contributed by atoms with Gasteiger partial charge in [0.15, 0.2) is 0 Å². The third kappa shape index (κ3) is 5.79. The first-order valence-corrected chi connectivity index (χ1v) is 9.57. The molecular formula is C22H23ClN4O. The predicted molar refractivity (Wildman–Crippen MR) is 113 cm³/mol. The summed E-state index contributed by atoms with van der Waals surface area (Å²) in [5.74, 6) is -0.0416. The van der Waals surface area contributed by atoms with Crippen LogP contribution in [-0.2, 0) is 12.8 Å². The van der Waals surface area contributed by atoms with Crippen LogP contribution in [0, 0.1) is 0 Å². The number of nitrogens with zero attached hydrogens (tertiary/aromatic N) is 3. The van der Waals surface area contributed by atoms with Crippen molar-refractivity contribution < 1.29 is 4.79 Å². The SMILES string of the molecule is CN(CCc1ccncc1)C(=O)c1cncc(NCCc2cccc(Cl)c2)c1. The number of hydrogen-bond donors (Lipinski definition) is 1. The quantitative estimate of drug-likeness (QED) is 0.625. The number of pyridine rings is 2. The van der Waals surface area contributed by atoms with Crippen molar-refractivity contribution in [2.24, 2.45) is 0 Å². The first-order valence-electron chi connectivity index (χ1n) is 9.19. The minimum Gasteiger partial charge on any atom is -0.383 e. The molecule has 5 nitrogen and oxygen atoms in total. The summed E-state index contributed by atoms with van der Waals surface area (Å²) < 4.78 is 0. The minimum absolute atomic E-state index is 0.0416. The topological polar surface area (TPSA) is 58.1 Å². The van der Waals surface area contributed by atoms with Gasteiger partial charge in [0.2, 0.25) is 0 Å². The monoisotopic (exact) mass is 394 g/mol. The van der Waals surface area contributed by atoms with Crippen molar-refractivity contribution in [1.82, 2.24) is 14.9 Å². The number of anilines is 1. The summed E-state index contributed by atoms with van der Waals surface area (Å²) in [7, 11) is 1.81. The molecule has 0 saturated carbocycles. The number of carbonyl (C=O) groups excluding carboxylic acids is 1. The van der Waals surface area contributed by atoms with Crippen LogP contribution in [0.4, 0.5) is 5.69 Å². The summed E-state index contributed by atoms with van der Waals surface area (Å²) in [5, 5.41) is 4.06. The van der Waals surface area contributed by atoms with Crippen molar-refractivity contribution in [3.05, 3.63) is 89.0 Å². The summed E-state index contributed by atoms with van der Waals surface area (Å²) in [6, 6.07) is 13.6. The molecule has 6 heteroatoms. The average Bonchev–Trinajstić information content (AvgIpc) is 2.72. The molecule has 2 heterocycles. The van der Waals surface area contributed by atoms with Gasteiger partial charge in [-0.15, -0.1) is 0 Å². The number of amides is 1. The molecule has 28 heavy (non-hydrogen) atoms. The Balaban J connectivity index is 1.53. The van der Waals surface area contributed by atoms with E-state index >= 15 is 0 Å². The van der Waals surface area contributed by atoms with Crippen molar-refractivity contribution in [2.45, 2.75) is 12.8 Å². The molecule has 0 aliphatic carbocycles. The van der Waals surface area contributed by atoms with E-state index in [9.17, 15) is 4.79 Å². The second-order valence-electron chi connectivity index (χ2n) is 6.60. The summed E-state index contributed by atoms with van der Waals surface area (Å²) in [6.07, 6.45) is 8.48. The Morgan fingerprint density at radius 2 is 1.86 bits per heavy atom. The fraction of sp³-hybridized carbons (Fsp3) is 0.227. The number of aromatic nitrogens is 2. The van der Waals surface area contributed by atoms with Crippen LogP contribution in [0.15, 0.2) is 67.3 Å².